The fourth-order valence-corrected chi connectivity index (χ4v) is 8.52. The number of fused-ring (bicyclic) bond motifs is 2. The number of hydrogen-bond donors (Lipinski definition) is 4. The molecule has 1 saturated carbocycles. The Morgan fingerprint density at radius 2 is 1.81 bits per heavy atom. The van der Waals surface area contributed by atoms with Gasteiger partial charge in [0.25, 0.3) is 0 Å². The molecule has 1 spiro atoms. The molecule has 4 N–H and O–H groups in total. The summed E-state index contributed by atoms with van der Waals surface area (Å²) in [5.74, 6) is -3.63. The van der Waals surface area contributed by atoms with Crippen molar-refractivity contribution in [2.75, 3.05) is 11.6 Å². The Labute approximate surface area is 254 Å². The smallest absolute Gasteiger partial charge is 0.238 e. The summed E-state index contributed by atoms with van der Waals surface area (Å²) in [7, 11) is -3.46. The van der Waals surface area contributed by atoms with E-state index >= 15 is 8.78 Å². The minimum Gasteiger partial charge on any atom is -0.352 e. The van der Waals surface area contributed by atoms with Gasteiger partial charge in [0.05, 0.1) is 22.3 Å². The van der Waals surface area contributed by atoms with Gasteiger partial charge in [0.1, 0.15) is 17.0 Å². The molecule has 13 heteroatoms. The maximum atomic E-state index is 15.9. The van der Waals surface area contributed by atoms with Gasteiger partial charge in [-0.15, -0.1) is 0 Å². The molecule has 2 fully saturated rings. The quantitative estimate of drug-likeness (QED) is 0.367. The average Bonchev–Trinajstić information content (AvgIpc) is 3.28. The van der Waals surface area contributed by atoms with Crippen LogP contribution in [-0.2, 0) is 25.0 Å². The van der Waals surface area contributed by atoms with Crippen LogP contribution in [0.5, 0.6) is 0 Å². The van der Waals surface area contributed by atoms with Gasteiger partial charge in [-0.2, -0.15) is 0 Å². The Morgan fingerprint density at radius 3 is 2.43 bits per heavy atom. The summed E-state index contributed by atoms with van der Waals surface area (Å²) in [4.78, 5) is 28.2. The SMILES string of the molecule is CC(C)(C)C[C@H]1N[C@@H](C(=O)NC2CC(C)(NS(C)(=O)=O)C2)[C@H](c2cccc(Cl)c2F)[C@@]12C(=O)Nc1cc(Cl)c(F)cc12. The highest BCUT2D eigenvalue weighted by Crippen LogP contribution is 2.57. The van der Waals surface area contributed by atoms with Gasteiger partial charge in [-0.25, -0.2) is 21.9 Å². The third-order valence-electron chi connectivity index (χ3n) is 8.47. The van der Waals surface area contributed by atoms with E-state index in [2.05, 4.69) is 20.7 Å². The van der Waals surface area contributed by atoms with Gasteiger partial charge in [-0.05, 0) is 60.9 Å². The lowest BCUT2D eigenvalue weighted by Gasteiger charge is -2.45. The average molecular weight is 644 g/mol. The molecule has 0 aromatic heterocycles. The van der Waals surface area contributed by atoms with Crippen molar-refractivity contribution in [3.8, 4) is 0 Å². The topological polar surface area (TPSA) is 116 Å². The summed E-state index contributed by atoms with van der Waals surface area (Å²) >= 11 is 12.3. The van der Waals surface area contributed by atoms with E-state index in [-0.39, 0.29) is 32.6 Å². The maximum Gasteiger partial charge on any atom is 0.238 e. The minimum absolute atomic E-state index is 0.0436. The molecule has 228 valence electrons. The molecular formula is C29H34Cl2F2N4O4S. The molecule has 0 radical (unpaired) electrons. The van der Waals surface area contributed by atoms with Crippen LogP contribution in [0, 0.1) is 17.0 Å². The third kappa shape index (κ3) is 5.43. The standard InChI is InChI=1S/C29H34Cl2F2N4O4S/c1-27(2,3)13-21-29(16-9-19(32)18(31)10-20(16)35-26(29)39)22(15-7-6-8-17(30)23(15)33)24(36-21)25(38)34-14-11-28(4,12-14)37-42(5,40)41/h6-10,14,21-22,24,36-37H,11-13H2,1-5H3,(H,34,38)(H,35,39)/t14?,21-,22+,24-,28?,29+/m1/s1. The number of anilines is 1. The van der Waals surface area contributed by atoms with Crippen molar-refractivity contribution in [2.45, 2.75) is 82.0 Å². The van der Waals surface area contributed by atoms with Crippen molar-refractivity contribution in [2.24, 2.45) is 5.41 Å². The predicted octanol–water partition coefficient (Wildman–Crippen LogP) is 4.61. The molecule has 5 rings (SSSR count). The van der Waals surface area contributed by atoms with E-state index < -0.39 is 62.4 Å². The van der Waals surface area contributed by atoms with Crippen LogP contribution in [-0.4, -0.2) is 50.2 Å². The highest BCUT2D eigenvalue weighted by Gasteiger charge is 2.66. The summed E-state index contributed by atoms with van der Waals surface area (Å²) in [6, 6.07) is 4.75. The summed E-state index contributed by atoms with van der Waals surface area (Å²) in [5.41, 5.74) is -2.04. The molecule has 4 atom stereocenters. The Morgan fingerprint density at radius 1 is 1.14 bits per heavy atom. The van der Waals surface area contributed by atoms with E-state index in [0.717, 1.165) is 6.26 Å². The zero-order valence-corrected chi connectivity index (χ0v) is 26.2. The normalized spacial score (nSPS) is 30.6. The molecule has 2 aliphatic heterocycles. The molecule has 1 saturated heterocycles. The Balaban J connectivity index is 1.62. The van der Waals surface area contributed by atoms with Crippen LogP contribution in [0.2, 0.25) is 10.0 Å². The van der Waals surface area contributed by atoms with E-state index in [9.17, 15) is 18.0 Å². The van der Waals surface area contributed by atoms with Crippen LogP contribution in [0.15, 0.2) is 30.3 Å². The van der Waals surface area contributed by atoms with Gasteiger partial charge >= 0.3 is 0 Å². The van der Waals surface area contributed by atoms with Crippen molar-refractivity contribution in [3.63, 3.8) is 0 Å². The Kier molecular flexibility index (Phi) is 7.71. The zero-order chi connectivity index (χ0) is 31.0. The van der Waals surface area contributed by atoms with Crippen molar-refractivity contribution >= 4 is 50.7 Å². The summed E-state index contributed by atoms with van der Waals surface area (Å²) < 4.78 is 57.0. The number of amides is 2. The lowest BCUT2D eigenvalue weighted by Crippen LogP contribution is -2.63. The Hall–Kier alpha value is -2.31. The van der Waals surface area contributed by atoms with Gasteiger partial charge < -0.3 is 16.0 Å². The van der Waals surface area contributed by atoms with E-state index in [1.54, 1.807) is 13.0 Å². The number of carbonyl (C=O) groups is 2. The second-order valence-corrected chi connectivity index (χ2v) is 15.8. The summed E-state index contributed by atoms with van der Waals surface area (Å²) in [6.07, 6.45) is 2.15. The lowest BCUT2D eigenvalue weighted by molar-refractivity contribution is -0.125. The van der Waals surface area contributed by atoms with Gasteiger partial charge in [0, 0.05) is 29.2 Å². The van der Waals surface area contributed by atoms with Gasteiger partial charge in [-0.3, -0.25) is 9.59 Å². The van der Waals surface area contributed by atoms with E-state index in [1.807, 2.05) is 20.8 Å². The van der Waals surface area contributed by atoms with Crippen LogP contribution in [0.4, 0.5) is 14.5 Å². The van der Waals surface area contributed by atoms with E-state index in [1.165, 1.54) is 24.3 Å². The van der Waals surface area contributed by atoms with Crippen molar-refractivity contribution in [1.29, 1.82) is 0 Å². The number of halogens is 4. The first-order valence-electron chi connectivity index (χ1n) is 13.6. The number of hydrogen-bond acceptors (Lipinski definition) is 5. The van der Waals surface area contributed by atoms with Crippen LogP contribution < -0.4 is 20.7 Å². The number of rotatable bonds is 6. The van der Waals surface area contributed by atoms with E-state index in [0.29, 0.717) is 24.9 Å². The monoisotopic (exact) mass is 642 g/mol. The van der Waals surface area contributed by atoms with Crippen LogP contribution in [0.3, 0.4) is 0 Å². The highest BCUT2D eigenvalue weighted by molar-refractivity contribution is 7.88. The summed E-state index contributed by atoms with van der Waals surface area (Å²) in [6.45, 7) is 7.68. The fraction of sp³-hybridized carbons (Fsp3) is 0.517. The first-order chi connectivity index (χ1) is 19.3. The molecule has 1 aliphatic carbocycles. The lowest BCUT2D eigenvalue weighted by atomic mass is 9.62. The zero-order valence-electron chi connectivity index (χ0n) is 23.9. The van der Waals surface area contributed by atoms with Crippen LogP contribution >= 0.6 is 23.2 Å². The number of nitrogens with one attached hydrogen (secondary N) is 4. The highest BCUT2D eigenvalue weighted by atomic mass is 35.5. The van der Waals surface area contributed by atoms with Crippen molar-refractivity contribution in [3.05, 3.63) is 63.1 Å². The fourth-order valence-electron chi connectivity index (χ4n) is 7.12. The van der Waals surface area contributed by atoms with Gasteiger partial charge in [-0.1, -0.05) is 56.1 Å². The van der Waals surface area contributed by atoms with Crippen molar-refractivity contribution in [1.82, 2.24) is 15.4 Å². The minimum atomic E-state index is -3.46. The maximum absolute atomic E-state index is 15.9. The number of carbonyl (C=O) groups excluding carboxylic acids is 2. The van der Waals surface area contributed by atoms with E-state index in [4.69, 9.17) is 23.2 Å². The van der Waals surface area contributed by atoms with Gasteiger partial charge in [0.2, 0.25) is 21.8 Å². The second kappa shape index (κ2) is 10.4. The van der Waals surface area contributed by atoms with Crippen molar-refractivity contribution < 1.29 is 26.8 Å². The van der Waals surface area contributed by atoms with Crippen LogP contribution in [0.1, 0.15) is 64.0 Å². The molecule has 0 bridgehead atoms. The first kappa shape index (κ1) is 31.1. The molecule has 8 nitrogen and oxygen atoms in total. The molecule has 2 amide bonds. The number of benzene rings is 2. The largest absolute Gasteiger partial charge is 0.352 e. The second-order valence-electron chi connectivity index (χ2n) is 13.3. The molecular weight excluding hydrogens is 609 g/mol. The van der Waals surface area contributed by atoms with Crippen LogP contribution in [0.25, 0.3) is 0 Å². The molecule has 3 aliphatic rings. The summed E-state index contributed by atoms with van der Waals surface area (Å²) in [5, 5.41) is 8.77. The molecule has 2 aromatic rings. The molecule has 2 heterocycles. The van der Waals surface area contributed by atoms with Gasteiger partial charge in [0.15, 0.2) is 0 Å². The third-order valence-corrected chi connectivity index (χ3v) is 9.92. The first-order valence-corrected chi connectivity index (χ1v) is 16.3. The molecule has 0 unspecified atom stereocenters. The Bertz CT molecular complexity index is 1580. The molecule has 2 aromatic carbocycles. The predicted molar refractivity (Wildman–Crippen MR) is 158 cm³/mol. The molecule has 42 heavy (non-hydrogen) atoms. The number of sulfonamides is 1.